The predicted octanol–water partition coefficient (Wildman–Crippen LogP) is 2.85. The van der Waals surface area contributed by atoms with Gasteiger partial charge in [0.15, 0.2) is 0 Å². The monoisotopic (exact) mass is 286 g/mol. The Bertz CT molecular complexity index is 644. The molecule has 2 N–H and O–H groups in total. The second-order valence-corrected chi connectivity index (χ2v) is 4.87. The van der Waals surface area contributed by atoms with Gasteiger partial charge in [0.25, 0.3) is 5.91 Å². The highest BCUT2D eigenvalue weighted by Crippen LogP contribution is 2.20. The van der Waals surface area contributed by atoms with Crippen molar-refractivity contribution in [3.63, 3.8) is 0 Å². The molecule has 2 aromatic rings. The van der Waals surface area contributed by atoms with E-state index in [0.29, 0.717) is 11.3 Å². The lowest BCUT2D eigenvalue weighted by Crippen LogP contribution is -2.13. The van der Waals surface area contributed by atoms with Gasteiger partial charge in [-0.15, -0.1) is 0 Å². The number of carbonyl (C=O) groups excluding carboxylic acids is 2. The van der Waals surface area contributed by atoms with E-state index in [1.54, 1.807) is 43.6 Å². The van der Waals surface area contributed by atoms with E-state index in [0.717, 1.165) is 11.1 Å². The van der Waals surface area contributed by atoms with Crippen molar-refractivity contribution in [3.8, 4) is 0 Å². The summed E-state index contributed by atoms with van der Waals surface area (Å²) in [5.74, 6) is -0.774. The molecule has 0 aliphatic heterocycles. The van der Waals surface area contributed by atoms with E-state index in [1.807, 2.05) is 6.92 Å². The molecule has 1 aromatic heterocycles. The number of esters is 1. The number of hydrogen-bond acceptors (Lipinski definition) is 3. The van der Waals surface area contributed by atoms with Crippen LogP contribution in [0.5, 0.6) is 0 Å². The van der Waals surface area contributed by atoms with Gasteiger partial charge in [0.1, 0.15) is 0 Å². The molecule has 2 rings (SSSR count). The maximum absolute atomic E-state index is 12.1. The first-order valence-electron chi connectivity index (χ1n) is 6.65. The van der Waals surface area contributed by atoms with Crippen LogP contribution in [0.25, 0.3) is 0 Å². The Kier molecular flexibility index (Phi) is 4.42. The van der Waals surface area contributed by atoms with Gasteiger partial charge in [-0.3, -0.25) is 9.59 Å². The summed E-state index contributed by atoms with van der Waals surface area (Å²) in [5, 5.41) is 2.82. The Morgan fingerprint density at radius 2 is 1.86 bits per heavy atom. The highest BCUT2D eigenvalue weighted by atomic mass is 16.5. The highest BCUT2D eigenvalue weighted by molar-refractivity contribution is 6.05. The second-order valence-electron chi connectivity index (χ2n) is 4.87. The molecule has 1 heterocycles. The van der Waals surface area contributed by atoms with E-state index in [9.17, 15) is 9.59 Å². The van der Waals surface area contributed by atoms with Crippen molar-refractivity contribution in [1.82, 2.24) is 4.98 Å². The molecule has 5 heteroatoms. The van der Waals surface area contributed by atoms with Gasteiger partial charge in [0, 0.05) is 18.1 Å². The first-order valence-corrected chi connectivity index (χ1v) is 6.65. The number of aromatic nitrogens is 1. The summed E-state index contributed by atoms with van der Waals surface area (Å²) in [7, 11) is 1.37. The molecule has 110 valence electrons. The smallest absolute Gasteiger partial charge is 0.312 e. The molecule has 5 nitrogen and oxygen atoms in total. The van der Waals surface area contributed by atoms with Crippen LogP contribution in [0.3, 0.4) is 0 Å². The number of aromatic amines is 1. The average Bonchev–Trinajstić information content (AvgIpc) is 2.92. The number of hydrogen-bond donors (Lipinski definition) is 2. The fourth-order valence-electron chi connectivity index (χ4n) is 2.05. The summed E-state index contributed by atoms with van der Waals surface area (Å²) in [6.07, 6.45) is 3.44. The summed E-state index contributed by atoms with van der Waals surface area (Å²) >= 11 is 0. The minimum absolute atomic E-state index is 0.164. The molecular formula is C16H18N2O3. The molecule has 0 radical (unpaired) electrons. The number of anilines is 1. The summed E-state index contributed by atoms with van der Waals surface area (Å²) in [5.41, 5.74) is 3.03. The van der Waals surface area contributed by atoms with Gasteiger partial charge in [0.2, 0.25) is 0 Å². The topological polar surface area (TPSA) is 71.2 Å². The van der Waals surface area contributed by atoms with Crippen LogP contribution in [0, 0.1) is 6.92 Å². The summed E-state index contributed by atoms with van der Waals surface area (Å²) in [6, 6.07) is 7.16. The highest BCUT2D eigenvalue weighted by Gasteiger charge is 2.15. The number of amides is 1. The zero-order valence-electron chi connectivity index (χ0n) is 12.3. The van der Waals surface area contributed by atoms with E-state index >= 15 is 0 Å². The van der Waals surface area contributed by atoms with Crippen molar-refractivity contribution >= 4 is 17.6 Å². The van der Waals surface area contributed by atoms with Crippen LogP contribution in [0.2, 0.25) is 0 Å². The molecule has 0 aliphatic rings. The number of H-pyrrole nitrogens is 1. The van der Waals surface area contributed by atoms with Crippen LogP contribution in [-0.4, -0.2) is 24.0 Å². The number of aryl methyl sites for hydroxylation is 1. The van der Waals surface area contributed by atoms with Crippen molar-refractivity contribution < 1.29 is 14.3 Å². The Morgan fingerprint density at radius 1 is 1.19 bits per heavy atom. The van der Waals surface area contributed by atoms with Gasteiger partial charge in [-0.25, -0.2) is 0 Å². The molecule has 21 heavy (non-hydrogen) atoms. The van der Waals surface area contributed by atoms with E-state index in [1.165, 1.54) is 7.11 Å². The van der Waals surface area contributed by atoms with Gasteiger partial charge in [-0.05, 0) is 37.1 Å². The number of methoxy groups -OCH3 is 1. The first-order chi connectivity index (χ1) is 10.0. The summed E-state index contributed by atoms with van der Waals surface area (Å²) < 4.78 is 4.71. The molecule has 0 aliphatic carbocycles. The van der Waals surface area contributed by atoms with E-state index in [4.69, 9.17) is 4.74 Å². The number of nitrogens with one attached hydrogen (secondary N) is 2. The van der Waals surface area contributed by atoms with Crippen LogP contribution in [0.1, 0.15) is 34.3 Å². The standard InChI is InChI=1S/C16H18N2O3/c1-10-8-17-9-14(10)15(19)18-13-6-4-12(5-7-13)11(2)16(20)21-3/h4-9,11,17H,1-3H3,(H,18,19). The van der Waals surface area contributed by atoms with Crippen molar-refractivity contribution in [2.24, 2.45) is 0 Å². The quantitative estimate of drug-likeness (QED) is 0.849. The minimum Gasteiger partial charge on any atom is -0.469 e. The number of rotatable bonds is 4. The molecule has 1 atom stereocenters. The summed E-state index contributed by atoms with van der Waals surface area (Å²) in [4.78, 5) is 26.4. The van der Waals surface area contributed by atoms with Crippen LogP contribution in [0.4, 0.5) is 5.69 Å². The fourth-order valence-corrected chi connectivity index (χ4v) is 2.05. The number of benzene rings is 1. The molecular weight excluding hydrogens is 268 g/mol. The third-order valence-electron chi connectivity index (χ3n) is 3.42. The van der Waals surface area contributed by atoms with Crippen LogP contribution < -0.4 is 5.32 Å². The lowest BCUT2D eigenvalue weighted by molar-refractivity contribution is -0.141. The molecule has 1 unspecified atom stereocenters. The van der Waals surface area contributed by atoms with Crippen LogP contribution in [0.15, 0.2) is 36.7 Å². The van der Waals surface area contributed by atoms with E-state index in [2.05, 4.69) is 10.3 Å². The normalized spacial score (nSPS) is 11.8. The SMILES string of the molecule is COC(=O)C(C)c1ccc(NC(=O)c2c[nH]cc2C)cc1. The van der Waals surface area contributed by atoms with Crippen LogP contribution >= 0.6 is 0 Å². The van der Waals surface area contributed by atoms with Crippen molar-refractivity contribution in [2.75, 3.05) is 12.4 Å². The van der Waals surface area contributed by atoms with Crippen molar-refractivity contribution in [3.05, 3.63) is 53.3 Å². The molecule has 0 saturated heterocycles. The maximum Gasteiger partial charge on any atom is 0.312 e. The largest absolute Gasteiger partial charge is 0.469 e. The van der Waals surface area contributed by atoms with Crippen molar-refractivity contribution in [2.45, 2.75) is 19.8 Å². The zero-order valence-corrected chi connectivity index (χ0v) is 12.3. The lowest BCUT2D eigenvalue weighted by Gasteiger charge is -2.10. The minimum atomic E-state index is -0.327. The van der Waals surface area contributed by atoms with Gasteiger partial charge < -0.3 is 15.0 Å². The Morgan fingerprint density at radius 3 is 2.38 bits per heavy atom. The second kappa shape index (κ2) is 6.26. The third-order valence-corrected chi connectivity index (χ3v) is 3.42. The number of ether oxygens (including phenoxy) is 1. The lowest BCUT2D eigenvalue weighted by atomic mass is 10.0. The predicted molar refractivity (Wildman–Crippen MR) is 80.4 cm³/mol. The molecule has 0 fully saturated rings. The van der Waals surface area contributed by atoms with E-state index in [-0.39, 0.29) is 17.8 Å². The summed E-state index contributed by atoms with van der Waals surface area (Å²) in [6.45, 7) is 3.65. The van der Waals surface area contributed by atoms with Crippen LogP contribution in [-0.2, 0) is 9.53 Å². The molecule has 1 aromatic carbocycles. The molecule has 0 saturated carbocycles. The van der Waals surface area contributed by atoms with Gasteiger partial charge in [-0.2, -0.15) is 0 Å². The average molecular weight is 286 g/mol. The molecule has 0 spiro atoms. The first kappa shape index (κ1) is 14.8. The van der Waals surface area contributed by atoms with Gasteiger partial charge >= 0.3 is 5.97 Å². The fraction of sp³-hybridized carbons (Fsp3) is 0.250. The third kappa shape index (κ3) is 3.31. The number of carbonyl (C=O) groups is 2. The Labute approximate surface area is 123 Å². The van der Waals surface area contributed by atoms with Crippen molar-refractivity contribution in [1.29, 1.82) is 0 Å². The van der Waals surface area contributed by atoms with Gasteiger partial charge in [-0.1, -0.05) is 12.1 Å². The van der Waals surface area contributed by atoms with Gasteiger partial charge in [0.05, 0.1) is 18.6 Å². The Balaban J connectivity index is 2.08. The van der Waals surface area contributed by atoms with E-state index < -0.39 is 0 Å². The Hall–Kier alpha value is -2.56. The molecule has 0 bridgehead atoms. The zero-order chi connectivity index (χ0) is 15.4. The maximum atomic E-state index is 12.1. The molecule has 1 amide bonds.